The lowest BCUT2D eigenvalue weighted by molar-refractivity contribution is -0.142. The number of amides is 1. The molecule has 0 aliphatic rings. The first-order valence-electron chi connectivity index (χ1n) is 7.26. The van der Waals surface area contributed by atoms with Crippen LogP contribution in [0.5, 0.6) is 5.75 Å². The maximum absolute atomic E-state index is 12.3. The van der Waals surface area contributed by atoms with E-state index in [0.29, 0.717) is 22.3 Å². The third-order valence-corrected chi connectivity index (χ3v) is 3.54. The Balaban J connectivity index is 2.65. The van der Waals surface area contributed by atoms with E-state index in [2.05, 4.69) is 4.74 Å². The quantitative estimate of drug-likeness (QED) is 0.665. The lowest BCUT2D eigenvalue weighted by Gasteiger charge is -2.24. The monoisotopic (exact) mass is 361 g/mol. The average Bonchev–Trinajstić information content (AvgIpc) is 2.51. The molecule has 0 N–H and O–H groups in total. The standard InChI is InChI=1S/C16H21Cl2NO4/c1-11(2)9-19(7-6-16(21)22-3)15(20)10-23-14-8-12(17)4-5-13(14)18/h4-5,8,11H,6-7,9-10H2,1-3H3. The Morgan fingerprint density at radius 2 is 1.96 bits per heavy atom. The lowest BCUT2D eigenvalue weighted by Crippen LogP contribution is -2.39. The van der Waals surface area contributed by atoms with Crippen LogP contribution < -0.4 is 4.74 Å². The van der Waals surface area contributed by atoms with Crippen molar-refractivity contribution in [3.63, 3.8) is 0 Å². The SMILES string of the molecule is COC(=O)CCN(CC(C)C)C(=O)COc1cc(Cl)ccc1Cl. The van der Waals surface area contributed by atoms with E-state index >= 15 is 0 Å². The van der Waals surface area contributed by atoms with Gasteiger partial charge < -0.3 is 14.4 Å². The van der Waals surface area contributed by atoms with Gasteiger partial charge >= 0.3 is 5.97 Å². The normalized spacial score (nSPS) is 10.5. The maximum Gasteiger partial charge on any atom is 0.307 e. The van der Waals surface area contributed by atoms with Crippen LogP contribution in [0.1, 0.15) is 20.3 Å². The summed E-state index contributed by atoms with van der Waals surface area (Å²) in [5, 5.41) is 0.855. The summed E-state index contributed by atoms with van der Waals surface area (Å²) in [5.41, 5.74) is 0. The van der Waals surface area contributed by atoms with Crippen molar-refractivity contribution in [3.8, 4) is 5.75 Å². The van der Waals surface area contributed by atoms with Gasteiger partial charge in [-0.1, -0.05) is 37.0 Å². The summed E-state index contributed by atoms with van der Waals surface area (Å²) in [6.07, 6.45) is 0.146. The van der Waals surface area contributed by atoms with E-state index in [1.54, 1.807) is 23.1 Å². The van der Waals surface area contributed by atoms with E-state index in [-0.39, 0.29) is 37.4 Å². The summed E-state index contributed by atoms with van der Waals surface area (Å²) < 4.78 is 10.1. The minimum atomic E-state index is -0.356. The molecular weight excluding hydrogens is 341 g/mol. The molecule has 0 unspecified atom stereocenters. The Morgan fingerprint density at radius 3 is 2.57 bits per heavy atom. The van der Waals surface area contributed by atoms with Gasteiger partial charge in [-0.3, -0.25) is 9.59 Å². The van der Waals surface area contributed by atoms with Crippen LogP contribution in [0.3, 0.4) is 0 Å². The second-order valence-electron chi connectivity index (χ2n) is 5.42. The first-order valence-corrected chi connectivity index (χ1v) is 8.01. The van der Waals surface area contributed by atoms with Crippen molar-refractivity contribution >= 4 is 35.1 Å². The molecule has 0 bridgehead atoms. The van der Waals surface area contributed by atoms with Crippen LogP contribution in [0.2, 0.25) is 10.0 Å². The van der Waals surface area contributed by atoms with E-state index in [1.807, 2.05) is 13.8 Å². The predicted octanol–water partition coefficient (Wildman–Crippen LogP) is 3.42. The van der Waals surface area contributed by atoms with Gasteiger partial charge in [0.15, 0.2) is 6.61 Å². The molecule has 1 rings (SSSR count). The van der Waals surface area contributed by atoms with Crippen molar-refractivity contribution in [2.24, 2.45) is 5.92 Å². The molecule has 0 spiro atoms. The molecular formula is C16H21Cl2NO4. The number of nitrogens with zero attached hydrogens (tertiary/aromatic N) is 1. The van der Waals surface area contributed by atoms with E-state index in [0.717, 1.165) is 0 Å². The third kappa shape index (κ3) is 7.10. The molecule has 1 amide bonds. The number of carbonyl (C=O) groups excluding carboxylic acids is 2. The van der Waals surface area contributed by atoms with Crippen molar-refractivity contribution < 1.29 is 19.1 Å². The molecule has 23 heavy (non-hydrogen) atoms. The van der Waals surface area contributed by atoms with E-state index in [1.165, 1.54) is 7.11 Å². The third-order valence-electron chi connectivity index (χ3n) is 3.00. The first kappa shape index (κ1) is 19.6. The van der Waals surface area contributed by atoms with Crippen LogP contribution in [0.25, 0.3) is 0 Å². The predicted molar refractivity (Wildman–Crippen MR) is 90.0 cm³/mol. The van der Waals surface area contributed by atoms with E-state index < -0.39 is 0 Å². The highest BCUT2D eigenvalue weighted by molar-refractivity contribution is 6.34. The fourth-order valence-corrected chi connectivity index (χ4v) is 2.24. The smallest absolute Gasteiger partial charge is 0.307 e. The molecule has 0 saturated heterocycles. The van der Waals surface area contributed by atoms with Gasteiger partial charge in [-0.15, -0.1) is 0 Å². The van der Waals surface area contributed by atoms with Crippen molar-refractivity contribution in [3.05, 3.63) is 28.2 Å². The van der Waals surface area contributed by atoms with Gasteiger partial charge in [0.25, 0.3) is 5.91 Å². The van der Waals surface area contributed by atoms with E-state index in [9.17, 15) is 9.59 Å². The zero-order valence-corrected chi connectivity index (χ0v) is 15.0. The summed E-state index contributed by atoms with van der Waals surface area (Å²) in [7, 11) is 1.32. The number of methoxy groups -OCH3 is 1. The number of hydrogen-bond donors (Lipinski definition) is 0. The summed E-state index contributed by atoms with van der Waals surface area (Å²) in [5.74, 6) is 0.0420. The number of rotatable bonds is 8. The van der Waals surface area contributed by atoms with Gasteiger partial charge in [0.1, 0.15) is 5.75 Å². The highest BCUT2D eigenvalue weighted by Gasteiger charge is 2.17. The minimum absolute atomic E-state index is 0.146. The number of benzene rings is 1. The molecule has 0 radical (unpaired) electrons. The summed E-state index contributed by atoms with van der Waals surface area (Å²) >= 11 is 11.9. The number of carbonyl (C=O) groups is 2. The van der Waals surface area contributed by atoms with Gasteiger partial charge in [0.05, 0.1) is 18.6 Å². The largest absolute Gasteiger partial charge is 0.482 e. The zero-order chi connectivity index (χ0) is 17.4. The molecule has 5 nitrogen and oxygen atoms in total. The Hall–Kier alpha value is -1.46. The second-order valence-corrected chi connectivity index (χ2v) is 6.27. The van der Waals surface area contributed by atoms with Crippen LogP contribution in [0.15, 0.2) is 18.2 Å². The van der Waals surface area contributed by atoms with Crippen molar-refractivity contribution in [2.45, 2.75) is 20.3 Å². The molecule has 128 valence electrons. The molecule has 0 saturated carbocycles. The fourth-order valence-electron chi connectivity index (χ4n) is 1.91. The lowest BCUT2D eigenvalue weighted by atomic mass is 10.2. The summed E-state index contributed by atoms with van der Waals surface area (Å²) in [6.45, 7) is 4.63. The Kier molecular flexibility index (Phi) is 8.20. The van der Waals surface area contributed by atoms with Gasteiger partial charge in [0.2, 0.25) is 0 Å². The molecule has 0 aliphatic heterocycles. The van der Waals surface area contributed by atoms with Gasteiger partial charge in [-0.2, -0.15) is 0 Å². The summed E-state index contributed by atoms with van der Waals surface area (Å²) in [6, 6.07) is 4.80. The van der Waals surface area contributed by atoms with Crippen LogP contribution in [-0.2, 0) is 14.3 Å². The van der Waals surface area contributed by atoms with Crippen LogP contribution >= 0.6 is 23.2 Å². The molecule has 0 fully saturated rings. The zero-order valence-electron chi connectivity index (χ0n) is 13.5. The van der Waals surface area contributed by atoms with E-state index in [4.69, 9.17) is 27.9 Å². The van der Waals surface area contributed by atoms with Crippen LogP contribution in [0, 0.1) is 5.92 Å². The molecule has 1 aromatic carbocycles. The highest BCUT2D eigenvalue weighted by atomic mass is 35.5. The number of ether oxygens (including phenoxy) is 2. The first-order chi connectivity index (χ1) is 10.8. The number of hydrogen-bond acceptors (Lipinski definition) is 4. The Labute approximate surface area is 146 Å². The van der Waals surface area contributed by atoms with Crippen LogP contribution in [-0.4, -0.2) is 43.6 Å². The van der Waals surface area contributed by atoms with Crippen LogP contribution in [0.4, 0.5) is 0 Å². The van der Waals surface area contributed by atoms with Gasteiger partial charge in [-0.25, -0.2) is 0 Å². The van der Waals surface area contributed by atoms with Crippen molar-refractivity contribution in [2.75, 3.05) is 26.8 Å². The van der Waals surface area contributed by atoms with Crippen molar-refractivity contribution in [1.29, 1.82) is 0 Å². The van der Waals surface area contributed by atoms with Crippen molar-refractivity contribution in [1.82, 2.24) is 4.90 Å². The maximum atomic E-state index is 12.3. The molecule has 0 heterocycles. The Bertz CT molecular complexity index is 549. The van der Waals surface area contributed by atoms with Gasteiger partial charge in [0, 0.05) is 24.2 Å². The Morgan fingerprint density at radius 1 is 1.26 bits per heavy atom. The average molecular weight is 362 g/mol. The molecule has 7 heteroatoms. The molecule has 0 atom stereocenters. The molecule has 1 aromatic rings. The minimum Gasteiger partial charge on any atom is -0.482 e. The molecule has 0 aliphatic carbocycles. The second kappa shape index (κ2) is 9.63. The molecule has 0 aromatic heterocycles. The highest BCUT2D eigenvalue weighted by Crippen LogP contribution is 2.27. The fraction of sp³-hybridized carbons (Fsp3) is 0.500. The summed E-state index contributed by atoms with van der Waals surface area (Å²) in [4.78, 5) is 25.2. The topological polar surface area (TPSA) is 55.8 Å². The van der Waals surface area contributed by atoms with Gasteiger partial charge in [-0.05, 0) is 18.1 Å². The number of esters is 1. The number of halogens is 2.